The fraction of sp³-hybridized carbons (Fsp3) is 0. The molecule has 1 aromatic carbocycles. The summed E-state index contributed by atoms with van der Waals surface area (Å²) in [6.45, 7) is 0. The summed E-state index contributed by atoms with van der Waals surface area (Å²) in [5, 5.41) is 17.5. The molecule has 0 bridgehead atoms. The number of hydrogen-bond donors (Lipinski definition) is 4. The molecule has 0 radical (unpaired) electrons. The highest BCUT2D eigenvalue weighted by atomic mass is 35.5. The van der Waals surface area contributed by atoms with Gasteiger partial charge in [0.2, 0.25) is 0 Å². The number of benzene rings is 1. The molecule has 0 spiro atoms. The summed E-state index contributed by atoms with van der Waals surface area (Å²) in [5.41, 5.74) is 5.50. The number of hydrogen-bond acceptors (Lipinski definition) is 4. The molecule has 5 heteroatoms. The summed E-state index contributed by atoms with van der Waals surface area (Å²) < 4.78 is 6.47. The summed E-state index contributed by atoms with van der Waals surface area (Å²) in [7, 11) is 0. The standard InChI is InChI=1S/C6H7NO2.ClHO/c7-5-2-1-4(8)3-6(5)9;1-2/h1-3,8-9H,7H2;2H. The Balaban J connectivity index is 0.000000461. The lowest BCUT2D eigenvalue weighted by molar-refractivity contribution is 0.452. The number of nitrogens with two attached hydrogens (primary N) is 1. The minimum atomic E-state index is -0.0880. The van der Waals surface area contributed by atoms with Gasteiger partial charge >= 0.3 is 0 Å². The predicted octanol–water partition coefficient (Wildman–Crippen LogP) is 0.812. The second-order valence-electron chi connectivity index (χ2n) is 1.74. The van der Waals surface area contributed by atoms with Gasteiger partial charge in [0, 0.05) is 6.07 Å². The summed E-state index contributed by atoms with van der Waals surface area (Å²) in [5.74, 6) is -0.0725. The van der Waals surface area contributed by atoms with Crippen LogP contribution < -0.4 is 5.73 Å². The van der Waals surface area contributed by atoms with E-state index in [1.807, 2.05) is 0 Å². The zero-order valence-corrected chi connectivity index (χ0v) is 6.28. The second-order valence-corrected chi connectivity index (χ2v) is 1.74. The Morgan fingerprint density at radius 3 is 2.09 bits per heavy atom. The van der Waals surface area contributed by atoms with Crippen molar-refractivity contribution in [1.29, 1.82) is 0 Å². The second kappa shape index (κ2) is 4.65. The molecular formula is C6H8ClNO3. The molecule has 0 fully saturated rings. The molecule has 0 amide bonds. The lowest BCUT2D eigenvalue weighted by atomic mass is 10.3. The van der Waals surface area contributed by atoms with Gasteiger partial charge in [0.05, 0.1) is 17.6 Å². The van der Waals surface area contributed by atoms with E-state index >= 15 is 0 Å². The molecule has 0 aromatic heterocycles. The maximum Gasteiger partial charge on any atom is 0.142 e. The number of nitrogen functional groups attached to an aromatic ring is 1. The van der Waals surface area contributed by atoms with Crippen molar-refractivity contribution in [3.8, 4) is 11.5 Å². The van der Waals surface area contributed by atoms with Crippen LogP contribution in [-0.4, -0.2) is 14.9 Å². The van der Waals surface area contributed by atoms with Crippen LogP contribution in [0.2, 0.25) is 0 Å². The smallest absolute Gasteiger partial charge is 0.142 e. The number of aromatic hydroxyl groups is 2. The molecule has 62 valence electrons. The Kier molecular flexibility index (Phi) is 4.17. The summed E-state index contributed by atoms with van der Waals surface area (Å²) >= 11 is 3.64. The topological polar surface area (TPSA) is 86.7 Å². The van der Waals surface area contributed by atoms with Crippen molar-refractivity contribution in [2.75, 3.05) is 5.73 Å². The van der Waals surface area contributed by atoms with Crippen molar-refractivity contribution >= 4 is 17.6 Å². The monoisotopic (exact) mass is 177 g/mol. The van der Waals surface area contributed by atoms with Crippen LogP contribution in [0.4, 0.5) is 5.69 Å². The quantitative estimate of drug-likeness (QED) is 0.268. The van der Waals surface area contributed by atoms with Crippen LogP contribution in [0.1, 0.15) is 0 Å². The van der Waals surface area contributed by atoms with Crippen LogP contribution >= 0.6 is 11.9 Å². The molecule has 1 aromatic rings. The maximum atomic E-state index is 8.82. The maximum absolute atomic E-state index is 8.82. The number of phenolic OH excluding ortho intramolecular Hbond substituents is 2. The van der Waals surface area contributed by atoms with E-state index in [4.69, 9.17) is 20.6 Å². The Bertz CT molecular complexity index is 229. The molecule has 11 heavy (non-hydrogen) atoms. The third-order valence-corrected chi connectivity index (χ3v) is 1.01. The van der Waals surface area contributed by atoms with Gasteiger partial charge < -0.3 is 15.9 Å². The van der Waals surface area contributed by atoms with Crippen LogP contribution in [-0.2, 0) is 0 Å². The van der Waals surface area contributed by atoms with Gasteiger partial charge in [0.15, 0.2) is 0 Å². The van der Waals surface area contributed by atoms with Gasteiger partial charge in [-0.3, -0.25) is 4.66 Å². The first-order chi connectivity index (χ1) is 5.20. The lowest BCUT2D eigenvalue weighted by Gasteiger charge is -1.96. The van der Waals surface area contributed by atoms with E-state index in [9.17, 15) is 0 Å². The minimum Gasteiger partial charge on any atom is -0.508 e. The molecule has 5 N–H and O–H groups in total. The largest absolute Gasteiger partial charge is 0.508 e. The van der Waals surface area contributed by atoms with E-state index in [2.05, 4.69) is 11.9 Å². The predicted molar refractivity (Wildman–Crippen MR) is 42.3 cm³/mol. The zero-order valence-electron chi connectivity index (χ0n) is 5.53. The Morgan fingerprint density at radius 2 is 1.73 bits per heavy atom. The van der Waals surface area contributed by atoms with E-state index < -0.39 is 0 Å². The molecule has 1 rings (SSSR count). The Hall–Kier alpha value is -1.13. The Labute approximate surface area is 68.6 Å². The molecule has 0 aliphatic rings. The number of anilines is 1. The SMILES string of the molecule is Nc1ccc(O)cc1O.OCl. The lowest BCUT2D eigenvalue weighted by Crippen LogP contribution is -1.82. The van der Waals surface area contributed by atoms with Crippen LogP contribution in [0.3, 0.4) is 0 Å². The molecule has 0 saturated carbocycles. The molecule has 0 aliphatic carbocycles. The zero-order chi connectivity index (χ0) is 8.85. The van der Waals surface area contributed by atoms with Gasteiger partial charge in [-0.2, -0.15) is 0 Å². The van der Waals surface area contributed by atoms with Crippen LogP contribution in [0.25, 0.3) is 0 Å². The summed E-state index contributed by atoms with van der Waals surface area (Å²) in [6.07, 6.45) is 0. The first-order valence-corrected chi connectivity index (χ1v) is 2.98. The average Bonchev–Trinajstić information content (AvgIpc) is 2.02. The number of phenols is 2. The fourth-order valence-corrected chi connectivity index (χ4v) is 0.532. The van der Waals surface area contributed by atoms with E-state index in [0.717, 1.165) is 0 Å². The number of rotatable bonds is 0. The molecular weight excluding hydrogens is 170 g/mol. The molecule has 0 atom stereocenters. The highest BCUT2D eigenvalue weighted by Crippen LogP contribution is 2.23. The van der Waals surface area contributed by atoms with Crippen molar-refractivity contribution in [1.82, 2.24) is 0 Å². The average molecular weight is 178 g/mol. The number of halogens is 1. The normalized spacial score (nSPS) is 8.18. The Morgan fingerprint density at radius 1 is 1.18 bits per heavy atom. The highest BCUT2D eigenvalue weighted by molar-refractivity contribution is 6.04. The van der Waals surface area contributed by atoms with Crippen molar-refractivity contribution in [3.63, 3.8) is 0 Å². The van der Waals surface area contributed by atoms with E-state index in [1.54, 1.807) is 0 Å². The van der Waals surface area contributed by atoms with E-state index in [1.165, 1.54) is 18.2 Å². The van der Waals surface area contributed by atoms with Gasteiger partial charge in [-0.05, 0) is 12.1 Å². The summed E-state index contributed by atoms with van der Waals surface area (Å²) in [6, 6.07) is 4.04. The van der Waals surface area contributed by atoms with Crippen LogP contribution in [0.15, 0.2) is 18.2 Å². The van der Waals surface area contributed by atoms with Crippen molar-refractivity contribution in [3.05, 3.63) is 18.2 Å². The van der Waals surface area contributed by atoms with Crippen molar-refractivity contribution in [2.45, 2.75) is 0 Å². The van der Waals surface area contributed by atoms with Crippen molar-refractivity contribution < 1.29 is 14.9 Å². The molecule has 0 heterocycles. The van der Waals surface area contributed by atoms with Gasteiger partial charge in [-0.25, -0.2) is 0 Å². The van der Waals surface area contributed by atoms with Gasteiger partial charge in [0.25, 0.3) is 0 Å². The summed E-state index contributed by atoms with van der Waals surface area (Å²) in [4.78, 5) is 0. The van der Waals surface area contributed by atoms with Gasteiger partial charge in [-0.15, -0.1) is 0 Å². The van der Waals surface area contributed by atoms with Crippen molar-refractivity contribution in [2.24, 2.45) is 0 Å². The van der Waals surface area contributed by atoms with Crippen LogP contribution in [0, 0.1) is 0 Å². The molecule has 0 unspecified atom stereocenters. The van der Waals surface area contributed by atoms with E-state index in [0.29, 0.717) is 0 Å². The molecule has 0 saturated heterocycles. The van der Waals surface area contributed by atoms with Gasteiger partial charge in [0.1, 0.15) is 11.5 Å². The third kappa shape index (κ3) is 2.97. The molecule has 4 nitrogen and oxygen atoms in total. The van der Waals surface area contributed by atoms with Gasteiger partial charge in [-0.1, -0.05) is 0 Å². The fourth-order valence-electron chi connectivity index (χ4n) is 0.532. The van der Waals surface area contributed by atoms with E-state index in [-0.39, 0.29) is 17.2 Å². The highest BCUT2D eigenvalue weighted by Gasteiger charge is 1.94. The third-order valence-electron chi connectivity index (χ3n) is 1.01. The van der Waals surface area contributed by atoms with Crippen LogP contribution in [0.5, 0.6) is 11.5 Å². The molecule has 0 aliphatic heterocycles. The minimum absolute atomic E-state index is 0.0155. The first kappa shape index (κ1) is 9.87. The first-order valence-electron chi connectivity index (χ1n) is 2.64.